The van der Waals surface area contributed by atoms with Crippen molar-refractivity contribution in [3.63, 3.8) is 0 Å². The van der Waals surface area contributed by atoms with Crippen LogP contribution in [-0.2, 0) is 16.6 Å². The van der Waals surface area contributed by atoms with Crippen molar-refractivity contribution in [2.75, 3.05) is 20.6 Å². The van der Waals surface area contributed by atoms with Crippen LogP contribution in [0.3, 0.4) is 0 Å². The Hall–Kier alpha value is -1.17. The molecule has 6 nitrogen and oxygen atoms in total. The highest BCUT2D eigenvalue weighted by Gasteiger charge is 2.10. The first-order chi connectivity index (χ1) is 12.0. The van der Waals surface area contributed by atoms with Gasteiger partial charge in [-0.25, -0.2) is 13.1 Å². The van der Waals surface area contributed by atoms with Crippen molar-refractivity contribution in [2.24, 2.45) is 4.99 Å². The Morgan fingerprint density at radius 2 is 1.88 bits per heavy atom. The molecule has 0 bridgehead atoms. The average molecular weight is 508 g/mol. The van der Waals surface area contributed by atoms with Crippen molar-refractivity contribution in [2.45, 2.75) is 24.3 Å². The molecule has 0 saturated carbocycles. The first-order valence-electron chi connectivity index (χ1n) is 7.95. The molecule has 2 aromatic rings. The van der Waals surface area contributed by atoms with Crippen molar-refractivity contribution in [1.29, 1.82) is 0 Å². The summed E-state index contributed by atoms with van der Waals surface area (Å²) >= 11 is 1.70. The van der Waals surface area contributed by atoms with Gasteiger partial charge >= 0.3 is 0 Å². The third-order valence-electron chi connectivity index (χ3n) is 3.87. The van der Waals surface area contributed by atoms with E-state index in [-0.39, 0.29) is 28.9 Å². The second-order valence-electron chi connectivity index (χ2n) is 5.62. The van der Waals surface area contributed by atoms with Crippen molar-refractivity contribution in [3.05, 3.63) is 52.2 Å². The van der Waals surface area contributed by atoms with Gasteiger partial charge in [0.15, 0.2) is 5.96 Å². The number of halogens is 1. The van der Waals surface area contributed by atoms with E-state index in [4.69, 9.17) is 0 Å². The predicted octanol–water partition coefficient (Wildman–Crippen LogP) is 2.74. The van der Waals surface area contributed by atoms with Crippen LogP contribution in [0.1, 0.15) is 24.0 Å². The summed E-state index contributed by atoms with van der Waals surface area (Å²) < 4.78 is 25.7. The molecule has 0 spiro atoms. The van der Waals surface area contributed by atoms with Gasteiger partial charge in [-0.1, -0.05) is 19.1 Å². The molecular weight excluding hydrogens is 483 g/mol. The fraction of sp³-hybridized carbons (Fsp3) is 0.353. The molecule has 0 amide bonds. The fourth-order valence-corrected chi connectivity index (χ4v) is 3.75. The summed E-state index contributed by atoms with van der Waals surface area (Å²) in [6, 6.07) is 8.90. The quantitative estimate of drug-likeness (QED) is 0.305. The first-order valence-corrected chi connectivity index (χ1v) is 10.4. The minimum Gasteiger partial charge on any atom is -0.356 e. The van der Waals surface area contributed by atoms with Gasteiger partial charge in [0.05, 0.1) is 4.90 Å². The Bertz CT molecular complexity index is 791. The number of hydrogen-bond acceptors (Lipinski definition) is 4. The maximum absolute atomic E-state index is 11.7. The average Bonchev–Trinajstić information content (AvgIpc) is 3.17. The van der Waals surface area contributed by atoms with E-state index in [2.05, 4.69) is 44.1 Å². The van der Waals surface area contributed by atoms with Crippen LogP contribution in [0.2, 0.25) is 0 Å². The molecule has 1 heterocycles. The third-order valence-corrected chi connectivity index (χ3v) is 6.01. The third kappa shape index (κ3) is 6.53. The molecule has 9 heteroatoms. The Morgan fingerprint density at radius 3 is 2.42 bits per heavy atom. The van der Waals surface area contributed by atoms with Gasteiger partial charge in [-0.05, 0) is 53.1 Å². The van der Waals surface area contributed by atoms with Crippen molar-refractivity contribution in [3.8, 4) is 0 Å². The minimum absolute atomic E-state index is 0. The molecule has 0 aliphatic heterocycles. The highest BCUT2D eigenvalue weighted by molar-refractivity contribution is 14.0. The molecule has 2 rings (SSSR count). The second kappa shape index (κ2) is 10.9. The zero-order valence-corrected chi connectivity index (χ0v) is 19.0. The Balaban J connectivity index is 0.00000338. The van der Waals surface area contributed by atoms with E-state index in [1.165, 1.54) is 12.6 Å². The number of thiophene rings is 1. The van der Waals surface area contributed by atoms with Crippen LogP contribution in [0.15, 0.2) is 51.0 Å². The molecule has 144 valence electrons. The van der Waals surface area contributed by atoms with Crippen molar-refractivity contribution in [1.82, 2.24) is 15.4 Å². The van der Waals surface area contributed by atoms with Crippen molar-refractivity contribution >= 4 is 51.3 Å². The Labute approximate surface area is 176 Å². The predicted molar refractivity (Wildman–Crippen MR) is 119 cm³/mol. The lowest BCUT2D eigenvalue weighted by Gasteiger charge is -2.15. The monoisotopic (exact) mass is 508 g/mol. The van der Waals surface area contributed by atoms with E-state index in [0.29, 0.717) is 18.4 Å². The van der Waals surface area contributed by atoms with Gasteiger partial charge in [0, 0.05) is 20.1 Å². The van der Waals surface area contributed by atoms with Crippen LogP contribution in [0.5, 0.6) is 0 Å². The number of rotatable bonds is 7. The summed E-state index contributed by atoms with van der Waals surface area (Å²) in [5.74, 6) is 1.12. The standard InChI is InChI=1S/C17H24N4O2S2.HI/c1-13(15-8-9-24-12-15)10-20-17(18-2)21-11-14-4-6-16(7-5-14)25(22,23)19-3;/h4-9,12-13,19H,10-11H2,1-3H3,(H2,18,20,21);1H. The molecule has 1 unspecified atom stereocenters. The summed E-state index contributed by atoms with van der Waals surface area (Å²) in [6.45, 7) is 3.52. The highest BCUT2D eigenvalue weighted by atomic mass is 127. The molecular formula is C17H25IN4O2S2. The summed E-state index contributed by atoms with van der Waals surface area (Å²) in [5.41, 5.74) is 2.29. The summed E-state index contributed by atoms with van der Waals surface area (Å²) in [7, 11) is -0.267. The molecule has 0 aliphatic rings. The van der Waals surface area contributed by atoms with Crippen LogP contribution in [0, 0.1) is 0 Å². The van der Waals surface area contributed by atoms with Gasteiger partial charge in [0.25, 0.3) is 0 Å². The van der Waals surface area contributed by atoms with Crippen LogP contribution < -0.4 is 15.4 Å². The molecule has 1 atom stereocenters. The SMILES string of the molecule is CN=C(NCc1ccc(S(=O)(=O)NC)cc1)NCC(C)c1ccsc1.I. The number of guanidine groups is 1. The minimum atomic E-state index is -3.40. The topological polar surface area (TPSA) is 82.6 Å². The van der Waals surface area contributed by atoms with Crippen LogP contribution in [0.25, 0.3) is 0 Å². The zero-order chi connectivity index (χ0) is 18.3. The van der Waals surface area contributed by atoms with Gasteiger partial charge in [-0.3, -0.25) is 4.99 Å². The summed E-state index contributed by atoms with van der Waals surface area (Å²) in [6.07, 6.45) is 0. The van der Waals surface area contributed by atoms with E-state index in [1.807, 2.05) is 0 Å². The summed E-state index contributed by atoms with van der Waals surface area (Å²) in [5, 5.41) is 10.8. The molecule has 0 fully saturated rings. The number of nitrogens with zero attached hydrogens (tertiary/aromatic N) is 1. The molecule has 1 aromatic carbocycles. The number of sulfonamides is 1. The highest BCUT2D eigenvalue weighted by Crippen LogP contribution is 2.17. The lowest BCUT2D eigenvalue weighted by molar-refractivity contribution is 0.588. The molecule has 26 heavy (non-hydrogen) atoms. The molecule has 3 N–H and O–H groups in total. The molecule has 0 saturated heterocycles. The number of benzene rings is 1. The lowest BCUT2D eigenvalue weighted by Crippen LogP contribution is -2.38. The first kappa shape index (κ1) is 22.9. The van der Waals surface area contributed by atoms with Gasteiger partial charge in [-0.2, -0.15) is 11.3 Å². The van der Waals surface area contributed by atoms with Crippen LogP contribution in [-0.4, -0.2) is 35.0 Å². The fourth-order valence-electron chi connectivity index (χ4n) is 2.23. The largest absolute Gasteiger partial charge is 0.356 e. The maximum atomic E-state index is 11.7. The van der Waals surface area contributed by atoms with E-state index in [9.17, 15) is 8.42 Å². The van der Waals surface area contributed by atoms with E-state index in [1.54, 1.807) is 42.6 Å². The smallest absolute Gasteiger partial charge is 0.240 e. The normalized spacial score (nSPS) is 13.0. The second-order valence-corrected chi connectivity index (χ2v) is 8.28. The molecule has 1 aromatic heterocycles. The van der Waals surface area contributed by atoms with Gasteiger partial charge in [-0.15, -0.1) is 24.0 Å². The van der Waals surface area contributed by atoms with E-state index < -0.39 is 10.0 Å². The lowest BCUT2D eigenvalue weighted by atomic mass is 10.1. The van der Waals surface area contributed by atoms with E-state index >= 15 is 0 Å². The Morgan fingerprint density at radius 1 is 1.19 bits per heavy atom. The van der Waals surface area contributed by atoms with E-state index in [0.717, 1.165) is 12.1 Å². The molecule has 0 radical (unpaired) electrons. The number of nitrogens with one attached hydrogen (secondary N) is 3. The number of hydrogen-bond donors (Lipinski definition) is 3. The van der Waals surface area contributed by atoms with Gasteiger partial charge < -0.3 is 10.6 Å². The maximum Gasteiger partial charge on any atom is 0.240 e. The van der Waals surface area contributed by atoms with Gasteiger partial charge in [0.2, 0.25) is 10.0 Å². The number of aliphatic imine (C=N–C) groups is 1. The Kier molecular flexibility index (Phi) is 9.55. The zero-order valence-electron chi connectivity index (χ0n) is 15.0. The summed E-state index contributed by atoms with van der Waals surface area (Å²) in [4.78, 5) is 4.47. The van der Waals surface area contributed by atoms with Crippen LogP contribution in [0.4, 0.5) is 0 Å². The molecule has 0 aliphatic carbocycles. The van der Waals surface area contributed by atoms with Crippen LogP contribution >= 0.6 is 35.3 Å². The van der Waals surface area contributed by atoms with Crippen molar-refractivity contribution < 1.29 is 8.42 Å². The van der Waals surface area contributed by atoms with Gasteiger partial charge in [0.1, 0.15) is 0 Å².